The first-order valence-corrected chi connectivity index (χ1v) is 6.73. The quantitative estimate of drug-likeness (QED) is 0.637. The first kappa shape index (κ1) is 16.7. The highest BCUT2D eigenvalue weighted by molar-refractivity contribution is 5.79. The normalized spacial score (nSPS) is 19.9. The van der Waals surface area contributed by atoms with Crippen molar-refractivity contribution in [3.63, 3.8) is 0 Å². The number of carboxylic acids is 1. The molecule has 0 saturated heterocycles. The number of amides is 2. The predicted molar refractivity (Wildman–Crippen MR) is 74.6 cm³/mol. The monoisotopic (exact) mass is 287 g/mol. The Morgan fingerprint density at radius 2 is 1.85 bits per heavy atom. The number of carboxylic acid groups (broad SMARTS) is 1. The summed E-state index contributed by atoms with van der Waals surface area (Å²) < 4.78 is 0. The second-order valence-corrected chi connectivity index (χ2v) is 6.07. The van der Waals surface area contributed by atoms with E-state index in [4.69, 9.17) is 5.11 Å². The molecule has 1 fully saturated rings. The van der Waals surface area contributed by atoms with Gasteiger partial charge >= 0.3 is 12.0 Å². The number of aliphatic carboxylic acids is 1. The van der Waals surface area contributed by atoms with E-state index >= 15 is 0 Å². The fourth-order valence-corrected chi connectivity index (χ4v) is 2.30. The van der Waals surface area contributed by atoms with Crippen LogP contribution in [0, 0.1) is 0 Å². The van der Waals surface area contributed by atoms with E-state index in [2.05, 4.69) is 10.2 Å². The molecule has 1 saturated carbocycles. The molecule has 0 spiro atoms. The zero-order valence-corrected chi connectivity index (χ0v) is 12.6. The van der Waals surface area contributed by atoms with Crippen molar-refractivity contribution in [3.8, 4) is 0 Å². The smallest absolute Gasteiger partial charge is 0.337 e. The van der Waals surface area contributed by atoms with Crippen LogP contribution in [0.15, 0.2) is 0 Å². The number of hydrogen-bond acceptors (Lipinski definition) is 4. The molecule has 1 unspecified atom stereocenters. The molecule has 1 aliphatic carbocycles. The van der Waals surface area contributed by atoms with Gasteiger partial charge in [-0.15, -0.1) is 0 Å². The van der Waals surface area contributed by atoms with Gasteiger partial charge in [-0.2, -0.15) is 0 Å². The van der Waals surface area contributed by atoms with Gasteiger partial charge in [0.1, 0.15) is 0 Å². The average molecular weight is 287 g/mol. The van der Waals surface area contributed by atoms with Crippen molar-refractivity contribution in [2.45, 2.75) is 37.3 Å². The maximum atomic E-state index is 11.9. The molecule has 0 aromatic carbocycles. The molecule has 7 nitrogen and oxygen atoms in total. The number of nitrogens with one attached hydrogen (secondary N) is 1. The fraction of sp³-hybridized carbons (Fsp3) is 0.846. The van der Waals surface area contributed by atoms with Gasteiger partial charge in [-0.25, -0.2) is 9.59 Å². The maximum Gasteiger partial charge on any atom is 0.337 e. The number of likely N-dealkylation sites (N-methyl/N-ethyl adjacent to an activating group) is 2. The molecule has 0 radical (unpaired) electrons. The Labute approximate surface area is 119 Å². The average Bonchev–Trinajstić information content (AvgIpc) is 2.29. The lowest BCUT2D eigenvalue weighted by atomic mass is 9.75. The molecule has 116 valence electrons. The van der Waals surface area contributed by atoms with E-state index < -0.39 is 11.6 Å². The molecular formula is C13H25N3O4. The number of rotatable bonds is 6. The van der Waals surface area contributed by atoms with Crippen LogP contribution in [-0.2, 0) is 4.79 Å². The minimum Gasteiger partial charge on any atom is -0.479 e. The molecule has 0 aliphatic heterocycles. The number of aliphatic hydroxyl groups is 1. The number of nitrogens with zero attached hydrogens (tertiary/aromatic N) is 2. The first-order valence-electron chi connectivity index (χ1n) is 6.73. The van der Waals surface area contributed by atoms with Crippen LogP contribution >= 0.6 is 0 Å². The van der Waals surface area contributed by atoms with Crippen LogP contribution in [0.25, 0.3) is 0 Å². The Hall–Kier alpha value is -1.34. The summed E-state index contributed by atoms with van der Waals surface area (Å²) in [6.07, 6.45) is 3.25. The molecule has 7 heteroatoms. The third-order valence-corrected chi connectivity index (χ3v) is 4.16. The summed E-state index contributed by atoms with van der Waals surface area (Å²) in [6.45, 7) is 1.42. The number of urea groups is 1. The SMILES string of the molecule is CN(CC1(N(C)C)CCC1)C(=O)NCC(C)(O)C(=O)O. The second kappa shape index (κ2) is 5.97. The third kappa shape index (κ3) is 3.61. The summed E-state index contributed by atoms with van der Waals surface area (Å²) in [4.78, 5) is 26.4. The Kier molecular flexibility index (Phi) is 4.99. The van der Waals surface area contributed by atoms with Crippen molar-refractivity contribution in [2.75, 3.05) is 34.2 Å². The molecule has 0 aromatic heterocycles. The number of hydrogen-bond donors (Lipinski definition) is 3. The predicted octanol–water partition coefficient (Wildman–Crippen LogP) is -0.0523. The molecule has 0 bridgehead atoms. The van der Waals surface area contributed by atoms with Gasteiger partial charge in [0.25, 0.3) is 0 Å². The van der Waals surface area contributed by atoms with E-state index in [1.165, 1.54) is 4.90 Å². The molecule has 0 aromatic rings. The fourth-order valence-electron chi connectivity index (χ4n) is 2.30. The molecular weight excluding hydrogens is 262 g/mol. The van der Waals surface area contributed by atoms with Crippen LogP contribution in [0.5, 0.6) is 0 Å². The molecule has 1 rings (SSSR count). The Morgan fingerprint density at radius 3 is 2.20 bits per heavy atom. The highest BCUT2D eigenvalue weighted by atomic mass is 16.4. The van der Waals surface area contributed by atoms with E-state index in [1.807, 2.05) is 14.1 Å². The van der Waals surface area contributed by atoms with E-state index in [0.717, 1.165) is 26.2 Å². The van der Waals surface area contributed by atoms with Gasteiger partial charge in [0.05, 0.1) is 6.54 Å². The van der Waals surface area contributed by atoms with Crippen LogP contribution in [0.1, 0.15) is 26.2 Å². The van der Waals surface area contributed by atoms with Crippen LogP contribution in [0.3, 0.4) is 0 Å². The van der Waals surface area contributed by atoms with Crippen LogP contribution in [0.4, 0.5) is 4.79 Å². The van der Waals surface area contributed by atoms with Crippen molar-refractivity contribution < 1.29 is 19.8 Å². The van der Waals surface area contributed by atoms with Crippen molar-refractivity contribution in [2.24, 2.45) is 0 Å². The summed E-state index contributed by atoms with van der Waals surface area (Å²) in [6, 6.07) is -0.375. The summed E-state index contributed by atoms with van der Waals surface area (Å²) >= 11 is 0. The van der Waals surface area contributed by atoms with Gasteiger partial charge in [-0.05, 0) is 40.3 Å². The van der Waals surface area contributed by atoms with Crippen molar-refractivity contribution in [1.29, 1.82) is 0 Å². The van der Waals surface area contributed by atoms with Crippen LogP contribution in [-0.4, -0.2) is 77.4 Å². The highest BCUT2D eigenvalue weighted by Gasteiger charge is 2.41. The summed E-state index contributed by atoms with van der Waals surface area (Å²) in [5, 5.41) is 20.8. The summed E-state index contributed by atoms with van der Waals surface area (Å²) in [5.74, 6) is -1.36. The van der Waals surface area contributed by atoms with Crippen LogP contribution < -0.4 is 5.32 Å². The standard InChI is InChI=1S/C13H25N3O4/c1-12(20,10(17)18)8-14-11(19)16(4)9-13(15(2)3)6-5-7-13/h20H,5-9H2,1-4H3,(H,14,19)(H,17,18). The topological polar surface area (TPSA) is 93.1 Å². The lowest BCUT2D eigenvalue weighted by Crippen LogP contribution is -2.59. The van der Waals surface area contributed by atoms with Gasteiger partial charge < -0.3 is 25.3 Å². The molecule has 1 aliphatic rings. The Morgan fingerprint density at radius 1 is 1.30 bits per heavy atom. The zero-order chi connectivity index (χ0) is 15.6. The van der Waals surface area contributed by atoms with Gasteiger partial charge in [-0.1, -0.05) is 0 Å². The van der Waals surface area contributed by atoms with E-state index in [-0.39, 0.29) is 18.1 Å². The van der Waals surface area contributed by atoms with E-state index in [1.54, 1.807) is 7.05 Å². The maximum absolute atomic E-state index is 11.9. The molecule has 1 atom stereocenters. The largest absolute Gasteiger partial charge is 0.479 e. The number of carbonyl (C=O) groups is 2. The van der Waals surface area contributed by atoms with E-state index in [0.29, 0.717) is 6.54 Å². The summed E-state index contributed by atoms with van der Waals surface area (Å²) in [7, 11) is 5.68. The third-order valence-electron chi connectivity index (χ3n) is 4.16. The second-order valence-electron chi connectivity index (χ2n) is 6.07. The minimum atomic E-state index is -1.95. The first-order chi connectivity index (χ1) is 9.11. The lowest BCUT2D eigenvalue weighted by molar-refractivity contribution is -0.155. The molecule has 20 heavy (non-hydrogen) atoms. The van der Waals surface area contributed by atoms with Crippen molar-refractivity contribution in [1.82, 2.24) is 15.1 Å². The van der Waals surface area contributed by atoms with Gasteiger partial charge in [0, 0.05) is 19.1 Å². The summed E-state index contributed by atoms with van der Waals surface area (Å²) in [5.41, 5.74) is -1.94. The number of carbonyl (C=O) groups excluding carboxylic acids is 1. The minimum absolute atomic E-state index is 0.0153. The van der Waals surface area contributed by atoms with E-state index in [9.17, 15) is 14.7 Å². The zero-order valence-electron chi connectivity index (χ0n) is 12.6. The van der Waals surface area contributed by atoms with Gasteiger partial charge in [-0.3, -0.25) is 0 Å². The molecule has 2 amide bonds. The highest BCUT2D eigenvalue weighted by Crippen LogP contribution is 2.36. The molecule has 0 heterocycles. The Balaban J connectivity index is 2.50. The lowest BCUT2D eigenvalue weighted by Gasteiger charge is -2.49. The van der Waals surface area contributed by atoms with Gasteiger partial charge in [0.2, 0.25) is 0 Å². The van der Waals surface area contributed by atoms with Crippen molar-refractivity contribution in [3.05, 3.63) is 0 Å². The van der Waals surface area contributed by atoms with Crippen LogP contribution in [0.2, 0.25) is 0 Å². The molecule has 3 N–H and O–H groups in total. The van der Waals surface area contributed by atoms with Crippen molar-refractivity contribution >= 4 is 12.0 Å². The Bertz CT molecular complexity index is 378. The van der Waals surface area contributed by atoms with Gasteiger partial charge in [0.15, 0.2) is 5.60 Å².